The van der Waals surface area contributed by atoms with Crippen molar-refractivity contribution in [2.75, 3.05) is 13.1 Å². The lowest BCUT2D eigenvalue weighted by Crippen LogP contribution is -2.34. The molecular weight excluding hydrogens is 206 g/mol. The van der Waals surface area contributed by atoms with Gasteiger partial charge in [-0.3, -0.25) is 9.59 Å². The molecule has 5 nitrogen and oxygen atoms in total. The van der Waals surface area contributed by atoms with E-state index in [4.69, 9.17) is 0 Å². The Balaban J connectivity index is 2.38. The third-order valence-electron chi connectivity index (χ3n) is 1.91. The second-order valence-electron chi connectivity index (χ2n) is 3.40. The van der Waals surface area contributed by atoms with Crippen LogP contribution in [0.1, 0.15) is 23.1 Å². The van der Waals surface area contributed by atoms with Gasteiger partial charge in [-0.1, -0.05) is 6.07 Å². The second-order valence-corrected chi connectivity index (χ2v) is 3.40. The van der Waals surface area contributed by atoms with Gasteiger partial charge in [0.25, 0.3) is 5.91 Å². The van der Waals surface area contributed by atoms with Crippen molar-refractivity contribution in [2.45, 2.75) is 13.8 Å². The minimum absolute atomic E-state index is 0.108. The molecule has 0 aliphatic heterocycles. The Morgan fingerprint density at radius 3 is 2.56 bits per heavy atom. The van der Waals surface area contributed by atoms with Gasteiger partial charge in [0.2, 0.25) is 5.91 Å². The molecule has 5 heteroatoms. The van der Waals surface area contributed by atoms with Crippen LogP contribution in [-0.2, 0) is 4.79 Å². The molecule has 0 radical (unpaired) electrons. The van der Waals surface area contributed by atoms with E-state index >= 15 is 0 Å². The summed E-state index contributed by atoms with van der Waals surface area (Å²) in [6.07, 6.45) is 0. The molecule has 0 spiro atoms. The molecule has 1 heterocycles. The van der Waals surface area contributed by atoms with Gasteiger partial charge in [-0.15, -0.1) is 0 Å². The Bertz CT molecular complexity index is 391. The van der Waals surface area contributed by atoms with Crippen molar-refractivity contribution in [3.05, 3.63) is 29.6 Å². The van der Waals surface area contributed by atoms with Crippen molar-refractivity contribution >= 4 is 11.8 Å². The predicted molar refractivity (Wildman–Crippen MR) is 60.0 cm³/mol. The van der Waals surface area contributed by atoms with Gasteiger partial charge in [-0.25, -0.2) is 4.98 Å². The number of carbonyl (C=O) groups excluding carboxylic acids is 2. The SMILES string of the molecule is CC(=O)NCCNC(=O)c1cccc(C)n1. The molecule has 0 bridgehead atoms. The van der Waals surface area contributed by atoms with Gasteiger partial charge in [0.05, 0.1) is 0 Å². The average molecular weight is 221 g/mol. The molecule has 0 aliphatic rings. The fourth-order valence-electron chi connectivity index (χ4n) is 1.17. The van der Waals surface area contributed by atoms with E-state index in [2.05, 4.69) is 15.6 Å². The van der Waals surface area contributed by atoms with Crippen molar-refractivity contribution in [3.63, 3.8) is 0 Å². The lowest BCUT2D eigenvalue weighted by atomic mass is 10.3. The minimum atomic E-state index is -0.228. The monoisotopic (exact) mass is 221 g/mol. The number of aromatic nitrogens is 1. The van der Waals surface area contributed by atoms with E-state index in [9.17, 15) is 9.59 Å². The van der Waals surface area contributed by atoms with E-state index in [1.807, 2.05) is 13.0 Å². The fourth-order valence-corrected chi connectivity index (χ4v) is 1.17. The predicted octanol–water partition coefficient (Wildman–Crippen LogP) is 0.256. The standard InChI is InChI=1S/C11H15N3O2/c1-8-4-3-5-10(14-8)11(16)13-7-6-12-9(2)15/h3-5H,6-7H2,1-2H3,(H,12,15)(H,13,16). The summed E-state index contributed by atoms with van der Waals surface area (Å²) in [4.78, 5) is 26.2. The highest BCUT2D eigenvalue weighted by atomic mass is 16.2. The smallest absolute Gasteiger partial charge is 0.269 e. The summed E-state index contributed by atoms with van der Waals surface area (Å²) in [5.74, 6) is -0.336. The number of pyridine rings is 1. The van der Waals surface area contributed by atoms with E-state index < -0.39 is 0 Å². The number of rotatable bonds is 4. The summed E-state index contributed by atoms with van der Waals surface area (Å²) < 4.78 is 0. The Labute approximate surface area is 94.3 Å². The topological polar surface area (TPSA) is 71.1 Å². The van der Waals surface area contributed by atoms with Gasteiger partial charge >= 0.3 is 0 Å². The minimum Gasteiger partial charge on any atom is -0.355 e. The Kier molecular flexibility index (Phi) is 4.44. The summed E-state index contributed by atoms with van der Waals surface area (Å²) in [5.41, 5.74) is 1.19. The third kappa shape index (κ3) is 4.08. The van der Waals surface area contributed by atoms with Crippen molar-refractivity contribution in [1.29, 1.82) is 0 Å². The lowest BCUT2D eigenvalue weighted by molar-refractivity contribution is -0.118. The zero-order valence-corrected chi connectivity index (χ0v) is 9.41. The molecule has 1 rings (SSSR count). The number of hydrogen-bond donors (Lipinski definition) is 2. The third-order valence-corrected chi connectivity index (χ3v) is 1.91. The van der Waals surface area contributed by atoms with E-state index in [0.717, 1.165) is 5.69 Å². The highest BCUT2D eigenvalue weighted by molar-refractivity contribution is 5.92. The number of hydrogen-bond acceptors (Lipinski definition) is 3. The molecule has 0 aromatic carbocycles. The summed E-state index contributed by atoms with van der Waals surface area (Å²) in [6, 6.07) is 5.26. The molecule has 2 N–H and O–H groups in total. The van der Waals surface area contributed by atoms with Crippen LogP contribution in [0.25, 0.3) is 0 Å². The van der Waals surface area contributed by atoms with Crippen LogP contribution in [0.3, 0.4) is 0 Å². The van der Waals surface area contributed by atoms with Crippen LogP contribution >= 0.6 is 0 Å². The Morgan fingerprint density at radius 2 is 1.94 bits per heavy atom. The van der Waals surface area contributed by atoms with Crippen LogP contribution in [0.5, 0.6) is 0 Å². The zero-order chi connectivity index (χ0) is 12.0. The normalized spacial score (nSPS) is 9.62. The largest absolute Gasteiger partial charge is 0.355 e. The Hall–Kier alpha value is -1.91. The van der Waals surface area contributed by atoms with Crippen LogP contribution < -0.4 is 10.6 Å². The van der Waals surface area contributed by atoms with E-state index in [1.54, 1.807) is 12.1 Å². The molecule has 1 aromatic heterocycles. The van der Waals surface area contributed by atoms with Gasteiger partial charge in [0.15, 0.2) is 0 Å². The molecule has 0 fully saturated rings. The Morgan fingerprint density at radius 1 is 1.25 bits per heavy atom. The van der Waals surface area contributed by atoms with E-state index in [0.29, 0.717) is 18.8 Å². The highest BCUT2D eigenvalue weighted by Gasteiger charge is 2.05. The molecule has 0 aliphatic carbocycles. The zero-order valence-electron chi connectivity index (χ0n) is 9.41. The summed E-state index contributed by atoms with van der Waals surface area (Å²) in [6.45, 7) is 4.08. The first-order valence-corrected chi connectivity index (χ1v) is 5.06. The van der Waals surface area contributed by atoms with Crippen LogP contribution in [0, 0.1) is 6.92 Å². The first kappa shape index (κ1) is 12.2. The van der Waals surface area contributed by atoms with Crippen molar-refractivity contribution < 1.29 is 9.59 Å². The lowest BCUT2D eigenvalue weighted by Gasteiger charge is -2.05. The summed E-state index contributed by atoms with van der Waals surface area (Å²) >= 11 is 0. The van der Waals surface area contributed by atoms with Gasteiger partial charge in [0, 0.05) is 25.7 Å². The average Bonchev–Trinajstić information content (AvgIpc) is 2.24. The van der Waals surface area contributed by atoms with Crippen molar-refractivity contribution in [1.82, 2.24) is 15.6 Å². The number of amides is 2. The first-order chi connectivity index (χ1) is 7.59. The number of nitrogens with one attached hydrogen (secondary N) is 2. The molecule has 0 saturated heterocycles. The van der Waals surface area contributed by atoms with Crippen LogP contribution in [0.2, 0.25) is 0 Å². The maximum Gasteiger partial charge on any atom is 0.269 e. The molecule has 0 atom stereocenters. The van der Waals surface area contributed by atoms with Gasteiger partial charge < -0.3 is 10.6 Å². The van der Waals surface area contributed by atoms with E-state index in [1.165, 1.54) is 6.92 Å². The molecule has 0 saturated carbocycles. The second kappa shape index (κ2) is 5.85. The first-order valence-electron chi connectivity index (χ1n) is 5.06. The maximum atomic E-state index is 11.6. The van der Waals surface area contributed by atoms with Gasteiger partial charge in [0.1, 0.15) is 5.69 Å². The fraction of sp³-hybridized carbons (Fsp3) is 0.364. The molecule has 86 valence electrons. The van der Waals surface area contributed by atoms with Crippen molar-refractivity contribution in [2.24, 2.45) is 0 Å². The quantitative estimate of drug-likeness (QED) is 0.716. The molecule has 0 unspecified atom stereocenters. The number of carbonyl (C=O) groups is 2. The number of nitrogens with zero attached hydrogens (tertiary/aromatic N) is 1. The summed E-state index contributed by atoms with van der Waals surface area (Å²) in [7, 11) is 0. The van der Waals surface area contributed by atoms with Gasteiger partial charge in [-0.05, 0) is 19.1 Å². The molecule has 16 heavy (non-hydrogen) atoms. The summed E-state index contributed by atoms with van der Waals surface area (Å²) in [5, 5.41) is 5.26. The molecule has 2 amide bonds. The van der Waals surface area contributed by atoms with Crippen LogP contribution in [0.4, 0.5) is 0 Å². The number of aryl methyl sites for hydroxylation is 1. The molecular formula is C11H15N3O2. The van der Waals surface area contributed by atoms with E-state index in [-0.39, 0.29) is 11.8 Å². The van der Waals surface area contributed by atoms with Crippen LogP contribution in [0.15, 0.2) is 18.2 Å². The van der Waals surface area contributed by atoms with Crippen molar-refractivity contribution in [3.8, 4) is 0 Å². The van der Waals surface area contributed by atoms with Crippen LogP contribution in [-0.4, -0.2) is 29.9 Å². The maximum absolute atomic E-state index is 11.6. The van der Waals surface area contributed by atoms with Gasteiger partial charge in [-0.2, -0.15) is 0 Å². The highest BCUT2D eigenvalue weighted by Crippen LogP contribution is 1.97. The molecule has 1 aromatic rings.